The third kappa shape index (κ3) is 4.27. The third-order valence-corrected chi connectivity index (χ3v) is 3.11. The van der Waals surface area contributed by atoms with Crippen LogP contribution in [0.1, 0.15) is 17.3 Å². The van der Waals surface area contributed by atoms with Crippen LogP contribution >= 0.6 is 0 Å². The summed E-state index contributed by atoms with van der Waals surface area (Å²) in [6, 6.07) is 2.80. The van der Waals surface area contributed by atoms with Gasteiger partial charge >= 0.3 is 5.97 Å². The van der Waals surface area contributed by atoms with E-state index in [1.54, 1.807) is 6.92 Å². The first kappa shape index (κ1) is 15.5. The second-order valence-corrected chi connectivity index (χ2v) is 5.39. The van der Waals surface area contributed by atoms with Crippen LogP contribution in [0.25, 0.3) is 0 Å². The average molecular weight is 291 g/mol. The van der Waals surface area contributed by atoms with Crippen LogP contribution < -0.4 is 5.14 Å². The van der Waals surface area contributed by atoms with E-state index in [2.05, 4.69) is 0 Å². The van der Waals surface area contributed by atoms with Crippen LogP contribution in [0.4, 0.5) is 4.39 Å². The number of esters is 1. The summed E-state index contributed by atoms with van der Waals surface area (Å²) in [7, 11) is -2.79. The lowest BCUT2D eigenvalue weighted by Crippen LogP contribution is -2.20. The second-order valence-electron chi connectivity index (χ2n) is 3.86. The summed E-state index contributed by atoms with van der Waals surface area (Å²) >= 11 is 0. The molecule has 0 fully saturated rings. The number of hydrogen-bond donors (Lipinski definition) is 1. The summed E-state index contributed by atoms with van der Waals surface area (Å²) in [4.78, 5) is 10.9. The van der Waals surface area contributed by atoms with Gasteiger partial charge in [0.25, 0.3) is 0 Å². The van der Waals surface area contributed by atoms with Gasteiger partial charge in [-0.05, 0) is 25.1 Å². The van der Waals surface area contributed by atoms with Gasteiger partial charge in [-0.2, -0.15) is 0 Å². The maximum Gasteiger partial charge on any atom is 0.338 e. The Morgan fingerprint density at radius 2 is 2.11 bits per heavy atom. The highest BCUT2D eigenvalue weighted by molar-refractivity contribution is 7.89. The van der Waals surface area contributed by atoms with Crippen molar-refractivity contribution in [1.29, 1.82) is 0 Å². The fourth-order valence-corrected chi connectivity index (χ4v) is 2.00. The first-order valence-corrected chi connectivity index (χ1v) is 6.82. The minimum Gasteiger partial charge on any atom is -0.457 e. The molecule has 0 aliphatic heterocycles. The Hall–Kier alpha value is -1.51. The highest BCUT2D eigenvalue weighted by Crippen LogP contribution is 2.16. The molecule has 6 nitrogen and oxygen atoms in total. The molecule has 0 spiro atoms. The van der Waals surface area contributed by atoms with Gasteiger partial charge in [-0.1, -0.05) is 0 Å². The summed E-state index contributed by atoms with van der Waals surface area (Å²) in [5.74, 6) is -1.81. The molecule has 106 valence electrons. The quantitative estimate of drug-likeness (QED) is 0.804. The summed E-state index contributed by atoms with van der Waals surface area (Å²) in [6.07, 6.45) is -0.513. The number of primary sulfonamides is 1. The Labute approximate surface area is 110 Å². The van der Waals surface area contributed by atoms with E-state index in [1.807, 2.05) is 0 Å². The lowest BCUT2D eigenvalue weighted by atomic mass is 10.2. The summed E-state index contributed by atoms with van der Waals surface area (Å²) in [5, 5.41) is 4.84. The Kier molecular flexibility index (Phi) is 4.98. The van der Waals surface area contributed by atoms with Crippen molar-refractivity contribution in [2.24, 2.45) is 5.14 Å². The first-order chi connectivity index (χ1) is 8.75. The number of nitrogens with two attached hydrogens (primary N) is 1. The third-order valence-electron chi connectivity index (χ3n) is 2.18. The van der Waals surface area contributed by atoms with Crippen molar-refractivity contribution in [3.05, 3.63) is 29.6 Å². The van der Waals surface area contributed by atoms with Crippen LogP contribution in [-0.2, 0) is 19.5 Å². The van der Waals surface area contributed by atoms with Crippen molar-refractivity contribution >= 4 is 16.0 Å². The molecule has 0 aromatic heterocycles. The Balaban J connectivity index is 3.00. The Morgan fingerprint density at radius 3 is 2.63 bits per heavy atom. The summed E-state index contributed by atoms with van der Waals surface area (Å²) in [5.41, 5.74) is -0.103. The maximum absolute atomic E-state index is 13.3. The van der Waals surface area contributed by atoms with Crippen LogP contribution in [0.2, 0.25) is 0 Å². The number of benzene rings is 1. The van der Waals surface area contributed by atoms with E-state index in [1.165, 1.54) is 7.11 Å². The van der Waals surface area contributed by atoms with E-state index in [9.17, 15) is 17.6 Å². The van der Waals surface area contributed by atoms with Gasteiger partial charge < -0.3 is 9.47 Å². The largest absolute Gasteiger partial charge is 0.457 e. The van der Waals surface area contributed by atoms with E-state index < -0.39 is 32.8 Å². The topological polar surface area (TPSA) is 95.7 Å². The first-order valence-electron chi connectivity index (χ1n) is 5.28. The molecule has 1 aromatic rings. The normalized spacial score (nSPS) is 13.1. The molecule has 1 atom stereocenters. The SMILES string of the molecule is COCC(C)OC(=O)c1ccc(F)c(S(N)(=O)=O)c1. The van der Waals surface area contributed by atoms with E-state index in [4.69, 9.17) is 14.6 Å². The minimum absolute atomic E-state index is 0.103. The molecule has 0 saturated heterocycles. The van der Waals surface area contributed by atoms with Gasteiger partial charge in [-0.3, -0.25) is 0 Å². The zero-order chi connectivity index (χ0) is 14.6. The van der Waals surface area contributed by atoms with E-state index in [-0.39, 0.29) is 12.2 Å². The number of hydrogen-bond acceptors (Lipinski definition) is 5. The van der Waals surface area contributed by atoms with E-state index in [0.717, 1.165) is 18.2 Å². The Bertz CT molecular complexity index is 572. The van der Waals surface area contributed by atoms with Gasteiger partial charge in [0.15, 0.2) is 0 Å². The van der Waals surface area contributed by atoms with Crippen molar-refractivity contribution in [3.8, 4) is 0 Å². The molecular formula is C11H14FNO5S. The number of sulfonamides is 1. The summed E-state index contributed by atoms with van der Waals surface area (Å²) < 4.78 is 45.3. The van der Waals surface area contributed by atoms with Gasteiger partial charge in [0.05, 0.1) is 12.2 Å². The lowest BCUT2D eigenvalue weighted by molar-refractivity contribution is 0.0120. The van der Waals surface area contributed by atoms with Gasteiger partial charge in [-0.25, -0.2) is 22.7 Å². The predicted molar refractivity (Wildman–Crippen MR) is 64.5 cm³/mol. The fourth-order valence-electron chi connectivity index (χ4n) is 1.37. The summed E-state index contributed by atoms with van der Waals surface area (Å²) in [6.45, 7) is 1.79. The maximum atomic E-state index is 13.3. The molecule has 0 aliphatic carbocycles. The van der Waals surface area contributed by atoms with Crippen LogP contribution in [0, 0.1) is 5.82 Å². The molecule has 1 aromatic carbocycles. The van der Waals surface area contributed by atoms with Crippen LogP contribution in [0.3, 0.4) is 0 Å². The van der Waals surface area contributed by atoms with Gasteiger partial charge in [0.1, 0.15) is 16.8 Å². The van der Waals surface area contributed by atoms with Gasteiger partial charge in [0, 0.05) is 7.11 Å². The molecule has 19 heavy (non-hydrogen) atoms. The Morgan fingerprint density at radius 1 is 1.47 bits per heavy atom. The number of carbonyl (C=O) groups is 1. The molecule has 0 radical (unpaired) electrons. The van der Waals surface area contributed by atoms with E-state index >= 15 is 0 Å². The van der Waals surface area contributed by atoms with Gasteiger partial charge in [-0.15, -0.1) is 0 Å². The molecule has 0 bridgehead atoms. The highest BCUT2D eigenvalue weighted by Gasteiger charge is 2.19. The van der Waals surface area contributed by atoms with Crippen LogP contribution in [0.5, 0.6) is 0 Å². The zero-order valence-electron chi connectivity index (χ0n) is 10.4. The average Bonchev–Trinajstić information content (AvgIpc) is 2.27. The minimum atomic E-state index is -4.24. The molecule has 1 rings (SSSR count). The van der Waals surface area contributed by atoms with Crippen molar-refractivity contribution in [1.82, 2.24) is 0 Å². The second kappa shape index (κ2) is 6.09. The number of rotatable bonds is 5. The predicted octanol–water partition coefficient (Wildman–Crippen LogP) is 0.665. The van der Waals surface area contributed by atoms with Gasteiger partial charge in [0.2, 0.25) is 10.0 Å². The number of carbonyl (C=O) groups excluding carboxylic acids is 1. The standard InChI is InChI=1S/C11H14FNO5S/c1-7(6-17-2)18-11(14)8-3-4-9(12)10(5-8)19(13,15)16/h3-5,7H,6H2,1-2H3,(H2,13,15,16). The van der Waals surface area contributed by atoms with Crippen molar-refractivity contribution in [2.75, 3.05) is 13.7 Å². The highest BCUT2D eigenvalue weighted by atomic mass is 32.2. The number of halogens is 1. The van der Waals surface area contributed by atoms with Crippen LogP contribution in [0.15, 0.2) is 23.1 Å². The smallest absolute Gasteiger partial charge is 0.338 e. The van der Waals surface area contributed by atoms with Crippen molar-refractivity contribution in [2.45, 2.75) is 17.9 Å². The molecule has 1 unspecified atom stereocenters. The molecule has 0 aliphatic rings. The van der Waals surface area contributed by atoms with Crippen molar-refractivity contribution in [3.63, 3.8) is 0 Å². The number of ether oxygens (including phenoxy) is 2. The van der Waals surface area contributed by atoms with E-state index in [0.29, 0.717) is 0 Å². The number of methoxy groups -OCH3 is 1. The monoisotopic (exact) mass is 291 g/mol. The molecule has 0 saturated carbocycles. The molecule has 2 N–H and O–H groups in total. The fraction of sp³-hybridized carbons (Fsp3) is 0.364. The molecule has 8 heteroatoms. The molecule has 0 heterocycles. The molecular weight excluding hydrogens is 277 g/mol. The van der Waals surface area contributed by atoms with Crippen molar-refractivity contribution < 1.29 is 27.1 Å². The lowest BCUT2D eigenvalue weighted by Gasteiger charge is -2.12. The molecule has 0 amide bonds. The zero-order valence-corrected chi connectivity index (χ0v) is 11.2. The van der Waals surface area contributed by atoms with Crippen LogP contribution in [-0.4, -0.2) is 34.2 Å².